The molecule has 1 aromatic carbocycles. The predicted octanol–water partition coefficient (Wildman–Crippen LogP) is 1.78. The number of methoxy groups -OCH3 is 1. The molecule has 1 unspecified atom stereocenters. The SMILES string of the molecule is COc1ccc(C(O)CN2CCN(c3ncccc3F)CC2)cc1C(=O)O. The zero-order valence-corrected chi connectivity index (χ0v) is 15.0. The van der Waals surface area contributed by atoms with Crippen molar-refractivity contribution in [1.82, 2.24) is 9.88 Å². The van der Waals surface area contributed by atoms with Gasteiger partial charge in [0.1, 0.15) is 11.3 Å². The van der Waals surface area contributed by atoms with Gasteiger partial charge in [0.2, 0.25) is 0 Å². The highest BCUT2D eigenvalue weighted by Crippen LogP contribution is 2.25. The number of carbonyl (C=O) groups is 1. The number of aromatic nitrogens is 1. The second kappa shape index (κ2) is 8.32. The first kappa shape index (κ1) is 19.1. The van der Waals surface area contributed by atoms with Gasteiger partial charge in [0.15, 0.2) is 11.6 Å². The monoisotopic (exact) mass is 375 g/mol. The number of piperazine rings is 1. The summed E-state index contributed by atoms with van der Waals surface area (Å²) in [7, 11) is 1.40. The molecule has 0 spiro atoms. The van der Waals surface area contributed by atoms with E-state index >= 15 is 0 Å². The molecule has 144 valence electrons. The van der Waals surface area contributed by atoms with Crippen LogP contribution in [0.25, 0.3) is 0 Å². The van der Waals surface area contributed by atoms with E-state index in [2.05, 4.69) is 9.88 Å². The first-order valence-corrected chi connectivity index (χ1v) is 8.66. The van der Waals surface area contributed by atoms with Crippen molar-refractivity contribution in [2.45, 2.75) is 6.10 Å². The quantitative estimate of drug-likeness (QED) is 0.796. The first-order valence-electron chi connectivity index (χ1n) is 8.66. The number of carboxylic acids is 1. The number of hydrogen-bond acceptors (Lipinski definition) is 6. The fraction of sp³-hybridized carbons (Fsp3) is 0.368. The highest BCUT2D eigenvalue weighted by atomic mass is 19.1. The molecule has 1 atom stereocenters. The van der Waals surface area contributed by atoms with Crippen molar-refractivity contribution >= 4 is 11.8 Å². The van der Waals surface area contributed by atoms with Gasteiger partial charge in [-0.2, -0.15) is 0 Å². The minimum absolute atomic E-state index is 0.0181. The van der Waals surface area contributed by atoms with Gasteiger partial charge < -0.3 is 19.8 Å². The normalized spacial score (nSPS) is 16.2. The van der Waals surface area contributed by atoms with Crippen molar-refractivity contribution < 1.29 is 24.1 Å². The van der Waals surface area contributed by atoms with Gasteiger partial charge in [-0.3, -0.25) is 4.90 Å². The molecule has 1 aliphatic heterocycles. The van der Waals surface area contributed by atoms with Crippen LogP contribution in [-0.2, 0) is 0 Å². The largest absolute Gasteiger partial charge is 0.496 e. The molecule has 27 heavy (non-hydrogen) atoms. The van der Waals surface area contributed by atoms with Crippen LogP contribution in [0.5, 0.6) is 5.75 Å². The summed E-state index contributed by atoms with van der Waals surface area (Å²) in [6.07, 6.45) is 0.741. The van der Waals surface area contributed by atoms with Gasteiger partial charge in [-0.15, -0.1) is 0 Å². The maximum atomic E-state index is 13.9. The molecule has 0 radical (unpaired) electrons. The molecular weight excluding hydrogens is 353 g/mol. The van der Waals surface area contributed by atoms with Crippen molar-refractivity contribution in [3.8, 4) is 5.75 Å². The van der Waals surface area contributed by atoms with Crippen LogP contribution in [0.4, 0.5) is 10.2 Å². The summed E-state index contributed by atoms with van der Waals surface area (Å²) in [6, 6.07) is 7.60. The Morgan fingerprint density at radius 1 is 1.30 bits per heavy atom. The van der Waals surface area contributed by atoms with E-state index in [1.165, 1.54) is 19.2 Å². The van der Waals surface area contributed by atoms with E-state index in [1.807, 2.05) is 4.90 Å². The molecule has 1 fully saturated rings. The lowest BCUT2D eigenvalue weighted by atomic mass is 10.0. The number of halogens is 1. The topological polar surface area (TPSA) is 86.1 Å². The van der Waals surface area contributed by atoms with E-state index < -0.39 is 12.1 Å². The molecule has 8 heteroatoms. The van der Waals surface area contributed by atoms with Crippen LogP contribution in [0, 0.1) is 5.82 Å². The van der Waals surface area contributed by atoms with E-state index in [9.17, 15) is 19.4 Å². The third kappa shape index (κ3) is 4.35. The molecule has 7 nitrogen and oxygen atoms in total. The highest BCUT2D eigenvalue weighted by molar-refractivity contribution is 5.91. The number of pyridine rings is 1. The smallest absolute Gasteiger partial charge is 0.339 e. The molecule has 0 aliphatic carbocycles. The summed E-state index contributed by atoms with van der Waals surface area (Å²) in [4.78, 5) is 19.4. The fourth-order valence-electron chi connectivity index (χ4n) is 3.20. The second-order valence-corrected chi connectivity index (χ2v) is 6.38. The van der Waals surface area contributed by atoms with Gasteiger partial charge in [-0.1, -0.05) is 6.07 Å². The fourth-order valence-corrected chi connectivity index (χ4v) is 3.20. The van der Waals surface area contributed by atoms with Crippen LogP contribution < -0.4 is 9.64 Å². The lowest BCUT2D eigenvalue weighted by Crippen LogP contribution is -2.48. The van der Waals surface area contributed by atoms with Gasteiger partial charge in [0.25, 0.3) is 0 Å². The molecule has 2 N–H and O–H groups in total. The molecule has 0 bridgehead atoms. The Balaban J connectivity index is 1.61. The van der Waals surface area contributed by atoms with Crippen LogP contribution in [0.1, 0.15) is 22.0 Å². The van der Waals surface area contributed by atoms with Gasteiger partial charge in [0.05, 0.1) is 13.2 Å². The Morgan fingerprint density at radius 3 is 2.67 bits per heavy atom. The number of hydrogen-bond donors (Lipinski definition) is 2. The Kier molecular flexibility index (Phi) is 5.88. The number of ether oxygens (including phenoxy) is 1. The van der Waals surface area contributed by atoms with Crippen LogP contribution in [-0.4, -0.2) is 65.9 Å². The summed E-state index contributed by atoms with van der Waals surface area (Å²) in [5, 5.41) is 19.8. The molecule has 1 aliphatic rings. The maximum absolute atomic E-state index is 13.9. The Hall–Kier alpha value is -2.71. The van der Waals surface area contributed by atoms with E-state index in [0.717, 1.165) is 0 Å². The average molecular weight is 375 g/mol. The lowest BCUT2D eigenvalue weighted by molar-refractivity contribution is 0.0692. The van der Waals surface area contributed by atoms with E-state index in [0.29, 0.717) is 44.1 Å². The van der Waals surface area contributed by atoms with Crippen LogP contribution in [0.3, 0.4) is 0 Å². The van der Waals surface area contributed by atoms with Crippen LogP contribution in [0.2, 0.25) is 0 Å². The maximum Gasteiger partial charge on any atom is 0.339 e. The van der Waals surface area contributed by atoms with Crippen LogP contribution in [0.15, 0.2) is 36.5 Å². The van der Waals surface area contributed by atoms with Crippen molar-refractivity contribution in [2.75, 3.05) is 44.7 Å². The molecule has 2 aromatic rings. The molecule has 3 rings (SSSR count). The summed E-state index contributed by atoms with van der Waals surface area (Å²) in [5.74, 6) is -0.847. The Bertz CT molecular complexity index is 809. The summed E-state index contributed by atoms with van der Waals surface area (Å²) < 4.78 is 18.9. The van der Waals surface area contributed by atoms with Gasteiger partial charge >= 0.3 is 5.97 Å². The number of aliphatic hydroxyl groups is 1. The Labute approximate surface area is 156 Å². The molecular formula is C19H22FN3O4. The number of aromatic carboxylic acids is 1. The summed E-state index contributed by atoms with van der Waals surface area (Å²) in [5.41, 5.74) is 0.538. The summed E-state index contributed by atoms with van der Waals surface area (Å²) in [6.45, 7) is 2.86. The zero-order valence-electron chi connectivity index (χ0n) is 15.0. The van der Waals surface area contributed by atoms with Crippen LogP contribution >= 0.6 is 0 Å². The molecule has 1 saturated heterocycles. The zero-order chi connectivity index (χ0) is 19.4. The molecule has 0 saturated carbocycles. The van der Waals surface area contributed by atoms with E-state index in [1.54, 1.807) is 24.4 Å². The lowest BCUT2D eigenvalue weighted by Gasteiger charge is -2.36. The molecule has 1 aromatic heterocycles. The van der Waals surface area contributed by atoms with E-state index in [4.69, 9.17) is 4.74 Å². The minimum Gasteiger partial charge on any atom is -0.496 e. The minimum atomic E-state index is -1.10. The molecule has 2 heterocycles. The van der Waals surface area contributed by atoms with E-state index in [-0.39, 0.29) is 17.1 Å². The van der Waals surface area contributed by atoms with Gasteiger partial charge in [0, 0.05) is 38.9 Å². The van der Waals surface area contributed by atoms with Crippen molar-refractivity contribution in [1.29, 1.82) is 0 Å². The third-order valence-corrected chi connectivity index (χ3v) is 4.68. The standard InChI is InChI=1S/C19H22FN3O4/c1-27-17-5-4-13(11-14(17)19(25)26)16(24)12-22-7-9-23(10-8-22)18-15(20)3-2-6-21-18/h2-6,11,16,24H,7-10,12H2,1H3,(H,25,26). The van der Waals surface area contributed by atoms with Gasteiger partial charge in [-0.25, -0.2) is 14.2 Å². The first-order chi connectivity index (χ1) is 13.0. The third-order valence-electron chi connectivity index (χ3n) is 4.68. The average Bonchev–Trinajstić information content (AvgIpc) is 2.68. The number of anilines is 1. The number of rotatable bonds is 6. The van der Waals surface area contributed by atoms with Crippen molar-refractivity contribution in [2.24, 2.45) is 0 Å². The number of aliphatic hydroxyl groups excluding tert-OH is 1. The van der Waals surface area contributed by atoms with Crippen molar-refractivity contribution in [3.63, 3.8) is 0 Å². The number of β-amino-alcohol motifs (C(OH)–C–C–N with tert-alkyl or cyclic N) is 1. The number of nitrogens with zero attached hydrogens (tertiary/aromatic N) is 3. The summed E-state index contributed by atoms with van der Waals surface area (Å²) >= 11 is 0. The second-order valence-electron chi connectivity index (χ2n) is 6.38. The Morgan fingerprint density at radius 2 is 2.04 bits per heavy atom. The number of benzene rings is 1. The van der Waals surface area contributed by atoms with Crippen molar-refractivity contribution in [3.05, 3.63) is 53.5 Å². The predicted molar refractivity (Wildman–Crippen MR) is 97.8 cm³/mol. The van der Waals surface area contributed by atoms with Gasteiger partial charge in [-0.05, 0) is 29.8 Å². The number of carboxylic acid groups (broad SMARTS) is 1. The highest BCUT2D eigenvalue weighted by Gasteiger charge is 2.23. The molecule has 0 amide bonds.